The summed E-state index contributed by atoms with van der Waals surface area (Å²) in [5.41, 5.74) is 1.10. The average Bonchev–Trinajstić information content (AvgIpc) is 2.52. The lowest BCUT2D eigenvalue weighted by Crippen LogP contribution is -2.42. The first-order valence-corrected chi connectivity index (χ1v) is 8.45. The van der Waals surface area contributed by atoms with Crippen LogP contribution in [0.25, 0.3) is 0 Å². The monoisotopic (exact) mass is 466 g/mol. The van der Waals surface area contributed by atoms with E-state index >= 15 is 0 Å². The van der Waals surface area contributed by atoms with Crippen molar-refractivity contribution in [1.29, 1.82) is 0 Å². The maximum Gasteiger partial charge on any atom is 0.222 e. The molecule has 0 bridgehead atoms. The molecule has 0 aromatic heterocycles. The summed E-state index contributed by atoms with van der Waals surface area (Å²) in [6, 6.07) is 7.80. The van der Waals surface area contributed by atoms with Gasteiger partial charge in [0.1, 0.15) is 0 Å². The summed E-state index contributed by atoms with van der Waals surface area (Å²) in [7, 11) is 0. The van der Waals surface area contributed by atoms with Crippen LogP contribution in [0.2, 0.25) is 5.02 Å². The molecule has 0 unspecified atom stereocenters. The number of hydrogen-bond acceptors (Lipinski definition) is 2. The zero-order valence-corrected chi connectivity index (χ0v) is 17.7. The zero-order chi connectivity index (χ0) is 17.1. The Bertz CT molecular complexity index is 523. The lowest BCUT2D eigenvalue weighted by atomic mass is 10.1. The molecule has 0 heterocycles. The molecule has 136 valence electrons. The number of carbonyl (C=O) groups excluding carboxylic acids is 1. The highest BCUT2D eigenvalue weighted by atomic mass is 127. The number of nitrogens with one attached hydrogen (secondary N) is 3. The lowest BCUT2D eigenvalue weighted by molar-refractivity contribution is -0.123. The van der Waals surface area contributed by atoms with E-state index in [-0.39, 0.29) is 35.8 Å². The largest absolute Gasteiger partial charge is 0.357 e. The highest BCUT2D eigenvalue weighted by Crippen LogP contribution is 2.15. The van der Waals surface area contributed by atoms with E-state index in [0.717, 1.165) is 29.5 Å². The van der Waals surface area contributed by atoms with Crippen LogP contribution in [0.4, 0.5) is 0 Å². The van der Waals surface area contributed by atoms with Crippen LogP contribution in [-0.2, 0) is 11.2 Å². The maximum atomic E-state index is 11.5. The summed E-state index contributed by atoms with van der Waals surface area (Å²) >= 11 is 6.14. The van der Waals surface area contributed by atoms with Crippen molar-refractivity contribution in [3.63, 3.8) is 0 Å². The predicted octanol–water partition coefficient (Wildman–Crippen LogP) is 2.83. The van der Waals surface area contributed by atoms with Crippen LogP contribution in [0.3, 0.4) is 0 Å². The van der Waals surface area contributed by atoms with E-state index in [4.69, 9.17) is 11.6 Å². The number of nitrogens with zero attached hydrogens (tertiary/aromatic N) is 1. The van der Waals surface area contributed by atoms with Gasteiger partial charge < -0.3 is 16.0 Å². The Morgan fingerprint density at radius 3 is 2.46 bits per heavy atom. The number of amides is 1. The Morgan fingerprint density at radius 2 is 1.83 bits per heavy atom. The van der Waals surface area contributed by atoms with Gasteiger partial charge in [0.2, 0.25) is 5.91 Å². The van der Waals surface area contributed by atoms with E-state index in [1.807, 2.05) is 45.0 Å². The van der Waals surface area contributed by atoms with Crippen molar-refractivity contribution in [3.05, 3.63) is 34.9 Å². The Morgan fingerprint density at radius 1 is 1.17 bits per heavy atom. The van der Waals surface area contributed by atoms with Crippen LogP contribution in [0.1, 0.15) is 26.3 Å². The van der Waals surface area contributed by atoms with E-state index in [0.29, 0.717) is 19.6 Å². The van der Waals surface area contributed by atoms with Crippen molar-refractivity contribution in [1.82, 2.24) is 16.0 Å². The van der Waals surface area contributed by atoms with Crippen molar-refractivity contribution >= 4 is 47.4 Å². The number of rotatable bonds is 8. The molecule has 0 fully saturated rings. The molecular formula is C17H28ClIN4O. The fourth-order valence-corrected chi connectivity index (χ4v) is 2.13. The van der Waals surface area contributed by atoms with Crippen LogP contribution >= 0.6 is 35.6 Å². The number of aliphatic imine (C=N–C) groups is 1. The molecule has 1 aromatic carbocycles. The fraction of sp³-hybridized carbons (Fsp3) is 0.529. The molecule has 0 aliphatic carbocycles. The van der Waals surface area contributed by atoms with Crippen molar-refractivity contribution in [2.24, 2.45) is 10.9 Å². The van der Waals surface area contributed by atoms with Gasteiger partial charge in [-0.05, 0) is 25.0 Å². The molecule has 1 aromatic rings. The van der Waals surface area contributed by atoms with E-state index in [1.165, 1.54) is 0 Å². The third-order valence-corrected chi connectivity index (χ3v) is 3.56. The molecular weight excluding hydrogens is 439 g/mol. The summed E-state index contributed by atoms with van der Waals surface area (Å²) in [6.45, 7) is 8.42. The van der Waals surface area contributed by atoms with Gasteiger partial charge in [-0.15, -0.1) is 24.0 Å². The van der Waals surface area contributed by atoms with Gasteiger partial charge in [0.25, 0.3) is 0 Å². The first-order chi connectivity index (χ1) is 11.0. The van der Waals surface area contributed by atoms with Crippen LogP contribution in [0.15, 0.2) is 29.3 Å². The summed E-state index contributed by atoms with van der Waals surface area (Å²) in [5.74, 6) is 0.818. The number of halogens is 2. The molecule has 7 heteroatoms. The van der Waals surface area contributed by atoms with Gasteiger partial charge in [-0.1, -0.05) is 43.6 Å². The number of guanidine groups is 1. The molecule has 3 N–H and O–H groups in total. The smallest absolute Gasteiger partial charge is 0.222 e. The summed E-state index contributed by atoms with van der Waals surface area (Å²) in [6.07, 6.45) is 0.792. The average molecular weight is 467 g/mol. The van der Waals surface area contributed by atoms with E-state index in [1.54, 1.807) is 0 Å². The van der Waals surface area contributed by atoms with Crippen molar-refractivity contribution in [2.75, 3.05) is 26.2 Å². The molecule has 1 amide bonds. The lowest BCUT2D eigenvalue weighted by Gasteiger charge is -2.12. The van der Waals surface area contributed by atoms with Crippen molar-refractivity contribution < 1.29 is 4.79 Å². The Hall–Kier alpha value is -1.02. The molecule has 0 aliphatic rings. The van der Waals surface area contributed by atoms with Crippen molar-refractivity contribution in [2.45, 2.75) is 27.2 Å². The maximum absolute atomic E-state index is 11.5. The van der Waals surface area contributed by atoms with E-state index in [9.17, 15) is 4.79 Å². The molecule has 0 aliphatic heterocycles. The molecule has 1 rings (SSSR count). The molecule has 24 heavy (non-hydrogen) atoms. The third-order valence-electron chi connectivity index (χ3n) is 3.19. The number of carbonyl (C=O) groups is 1. The third kappa shape index (κ3) is 9.32. The van der Waals surface area contributed by atoms with Crippen LogP contribution in [0, 0.1) is 5.92 Å². The van der Waals surface area contributed by atoms with Gasteiger partial charge in [0, 0.05) is 37.1 Å². The normalized spacial score (nSPS) is 11.0. The highest BCUT2D eigenvalue weighted by Gasteiger charge is 2.05. The second kappa shape index (κ2) is 13.3. The van der Waals surface area contributed by atoms with Gasteiger partial charge >= 0.3 is 0 Å². The summed E-state index contributed by atoms with van der Waals surface area (Å²) < 4.78 is 0. The van der Waals surface area contributed by atoms with E-state index < -0.39 is 0 Å². The zero-order valence-electron chi connectivity index (χ0n) is 14.6. The molecule has 5 nitrogen and oxygen atoms in total. The van der Waals surface area contributed by atoms with Crippen molar-refractivity contribution in [3.8, 4) is 0 Å². The predicted molar refractivity (Wildman–Crippen MR) is 112 cm³/mol. The minimum atomic E-state index is 0. The molecule has 0 saturated heterocycles. The van der Waals surface area contributed by atoms with Gasteiger partial charge in [0.15, 0.2) is 5.96 Å². The van der Waals surface area contributed by atoms with Crippen LogP contribution in [-0.4, -0.2) is 38.0 Å². The van der Waals surface area contributed by atoms with Gasteiger partial charge in [0.05, 0.1) is 0 Å². The second-order valence-electron chi connectivity index (χ2n) is 5.47. The van der Waals surface area contributed by atoms with Gasteiger partial charge in [-0.25, -0.2) is 0 Å². The molecule has 0 atom stereocenters. The second-order valence-corrected chi connectivity index (χ2v) is 5.88. The quantitative estimate of drug-likeness (QED) is 0.239. The topological polar surface area (TPSA) is 65.5 Å². The van der Waals surface area contributed by atoms with Crippen LogP contribution < -0.4 is 16.0 Å². The first-order valence-electron chi connectivity index (χ1n) is 8.07. The summed E-state index contributed by atoms with van der Waals surface area (Å²) in [5, 5.41) is 10.0. The highest BCUT2D eigenvalue weighted by molar-refractivity contribution is 14.0. The van der Waals surface area contributed by atoms with Crippen LogP contribution in [0.5, 0.6) is 0 Å². The number of benzene rings is 1. The van der Waals surface area contributed by atoms with Gasteiger partial charge in [-0.3, -0.25) is 9.79 Å². The Kier molecular flexibility index (Phi) is 12.7. The number of hydrogen-bond donors (Lipinski definition) is 3. The first kappa shape index (κ1) is 23.0. The van der Waals surface area contributed by atoms with Gasteiger partial charge in [-0.2, -0.15) is 0 Å². The SMILES string of the molecule is CCNC(=NCCc1ccccc1Cl)NCCNC(=O)C(C)C.I. The standard InChI is InChI=1S/C17H27ClN4O.HI/c1-4-19-17(22-12-11-20-16(23)13(2)3)21-10-9-14-7-5-6-8-15(14)18;/h5-8,13H,4,9-12H2,1-3H3,(H,20,23)(H2,19,21,22);1H. The Balaban J connectivity index is 0.00000529. The molecule has 0 spiro atoms. The summed E-state index contributed by atoms with van der Waals surface area (Å²) in [4.78, 5) is 16.0. The Labute approximate surface area is 167 Å². The molecule has 0 radical (unpaired) electrons. The molecule has 0 saturated carbocycles. The van der Waals surface area contributed by atoms with E-state index in [2.05, 4.69) is 20.9 Å². The minimum Gasteiger partial charge on any atom is -0.357 e. The fourth-order valence-electron chi connectivity index (χ4n) is 1.90. The minimum absolute atomic E-state index is 0.